The molecule has 4 heteroatoms. The van der Waals surface area contributed by atoms with Gasteiger partial charge in [-0.25, -0.2) is 0 Å². The predicted molar refractivity (Wildman–Crippen MR) is 38.7 cm³/mol. The van der Waals surface area contributed by atoms with E-state index in [-0.39, 0.29) is 12.5 Å². The first-order valence-corrected chi connectivity index (χ1v) is 3.77. The summed E-state index contributed by atoms with van der Waals surface area (Å²) < 4.78 is 5.09. The maximum atomic E-state index is 10.7. The molecule has 1 aliphatic rings. The second-order valence-corrected chi connectivity index (χ2v) is 2.75. The van der Waals surface area contributed by atoms with E-state index in [2.05, 4.69) is 0 Å². The highest BCUT2D eigenvalue weighted by Gasteiger charge is 2.31. The van der Waals surface area contributed by atoms with Gasteiger partial charge in [0.05, 0.1) is 0 Å². The fourth-order valence-electron chi connectivity index (χ4n) is 1.41. The molecule has 1 rings (SSSR count). The lowest BCUT2D eigenvalue weighted by Crippen LogP contribution is -2.33. The predicted octanol–water partition coefficient (Wildman–Crippen LogP) is -0.741. The molecule has 0 aromatic rings. The molecule has 64 valence electrons. The summed E-state index contributed by atoms with van der Waals surface area (Å²) in [6, 6.07) is 0. The molecule has 11 heavy (non-hydrogen) atoms. The summed E-state index contributed by atoms with van der Waals surface area (Å²) in [5, 5.41) is 8.62. The Labute approximate surface area is 65.3 Å². The quantitative estimate of drug-likeness (QED) is 0.569. The van der Waals surface area contributed by atoms with Crippen molar-refractivity contribution in [1.29, 1.82) is 0 Å². The van der Waals surface area contributed by atoms with Gasteiger partial charge in [0.15, 0.2) is 0 Å². The number of carbonyl (C=O) groups is 1. The number of aliphatic hydroxyl groups is 1. The second kappa shape index (κ2) is 3.69. The molecule has 0 bridgehead atoms. The normalized spacial score (nSPS) is 30.6. The van der Waals surface area contributed by atoms with Gasteiger partial charge in [-0.2, -0.15) is 0 Å². The molecule has 4 nitrogen and oxygen atoms in total. The smallest absolute Gasteiger partial charge is 0.246 e. The van der Waals surface area contributed by atoms with Crippen LogP contribution in [0.2, 0.25) is 0 Å². The number of aliphatic hydroxyl groups excluding tert-OH is 1. The molecule has 0 aliphatic carbocycles. The Morgan fingerprint density at radius 2 is 2.45 bits per heavy atom. The lowest BCUT2D eigenvalue weighted by Gasteiger charge is -2.12. The Kier molecular flexibility index (Phi) is 2.84. The first kappa shape index (κ1) is 8.49. The van der Waals surface area contributed by atoms with Gasteiger partial charge in [0.2, 0.25) is 5.91 Å². The van der Waals surface area contributed by atoms with E-state index in [4.69, 9.17) is 15.6 Å². The van der Waals surface area contributed by atoms with Gasteiger partial charge in [0.1, 0.15) is 6.10 Å². The molecule has 0 saturated carbocycles. The van der Waals surface area contributed by atoms with Crippen molar-refractivity contribution in [3.8, 4) is 0 Å². The lowest BCUT2D eigenvalue weighted by molar-refractivity contribution is -0.128. The van der Waals surface area contributed by atoms with Crippen LogP contribution in [0.15, 0.2) is 0 Å². The maximum Gasteiger partial charge on any atom is 0.246 e. The van der Waals surface area contributed by atoms with Crippen LogP contribution in [0.3, 0.4) is 0 Å². The van der Waals surface area contributed by atoms with Crippen molar-refractivity contribution in [1.82, 2.24) is 0 Å². The van der Waals surface area contributed by atoms with Crippen molar-refractivity contribution in [2.75, 3.05) is 13.2 Å². The minimum atomic E-state index is -0.470. The van der Waals surface area contributed by atoms with Gasteiger partial charge in [-0.15, -0.1) is 0 Å². The fraction of sp³-hybridized carbons (Fsp3) is 0.857. The van der Waals surface area contributed by atoms with Crippen molar-refractivity contribution < 1.29 is 14.6 Å². The number of primary amides is 1. The fourth-order valence-corrected chi connectivity index (χ4v) is 1.41. The van der Waals surface area contributed by atoms with Gasteiger partial charge in [0, 0.05) is 13.2 Å². The first-order valence-electron chi connectivity index (χ1n) is 3.77. The van der Waals surface area contributed by atoms with Crippen LogP contribution in [0, 0.1) is 5.92 Å². The molecule has 1 amide bonds. The van der Waals surface area contributed by atoms with Crippen molar-refractivity contribution in [3.05, 3.63) is 0 Å². The summed E-state index contributed by atoms with van der Waals surface area (Å²) >= 11 is 0. The van der Waals surface area contributed by atoms with Gasteiger partial charge in [-0.1, -0.05) is 0 Å². The van der Waals surface area contributed by atoms with E-state index < -0.39 is 12.0 Å². The molecule has 2 atom stereocenters. The zero-order chi connectivity index (χ0) is 8.27. The Balaban J connectivity index is 2.44. The Morgan fingerprint density at radius 1 is 1.73 bits per heavy atom. The maximum absolute atomic E-state index is 10.7. The van der Waals surface area contributed by atoms with Crippen LogP contribution in [0.1, 0.15) is 12.8 Å². The Bertz CT molecular complexity index is 149. The second-order valence-electron chi connectivity index (χ2n) is 2.75. The third kappa shape index (κ3) is 1.91. The highest BCUT2D eigenvalue weighted by Crippen LogP contribution is 2.23. The van der Waals surface area contributed by atoms with E-state index in [1.807, 2.05) is 0 Å². The van der Waals surface area contributed by atoms with E-state index in [1.54, 1.807) is 0 Å². The van der Waals surface area contributed by atoms with Gasteiger partial charge >= 0.3 is 0 Å². The number of nitrogens with two attached hydrogens (primary N) is 1. The molecule has 0 aromatic heterocycles. The van der Waals surface area contributed by atoms with E-state index in [0.29, 0.717) is 13.0 Å². The summed E-state index contributed by atoms with van der Waals surface area (Å²) in [5.41, 5.74) is 5.07. The van der Waals surface area contributed by atoms with Gasteiger partial charge in [-0.3, -0.25) is 4.79 Å². The monoisotopic (exact) mass is 159 g/mol. The average molecular weight is 159 g/mol. The SMILES string of the molecule is NC(=O)C1OCCC1CCO. The highest BCUT2D eigenvalue weighted by atomic mass is 16.5. The summed E-state index contributed by atoms with van der Waals surface area (Å²) in [5.74, 6) is -0.293. The van der Waals surface area contributed by atoms with Gasteiger partial charge < -0.3 is 15.6 Å². The minimum Gasteiger partial charge on any atom is -0.396 e. The number of amides is 1. The van der Waals surface area contributed by atoms with E-state index in [0.717, 1.165) is 6.42 Å². The summed E-state index contributed by atoms with van der Waals surface area (Å²) in [6.07, 6.45) is 0.962. The number of hydrogen-bond donors (Lipinski definition) is 2. The Morgan fingerprint density at radius 3 is 3.00 bits per heavy atom. The zero-order valence-corrected chi connectivity index (χ0v) is 6.32. The third-order valence-electron chi connectivity index (χ3n) is 1.99. The first-order chi connectivity index (χ1) is 5.25. The summed E-state index contributed by atoms with van der Waals surface area (Å²) in [7, 11) is 0. The average Bonchev–Trinajstić information content (AvgIpc) is 2.36. The van der Waals surface area contributed by atoms with Crippen molar-refractivity contribution >= 4 is 5.91 Å². The van der Waals surface area contributed by atoms with Crippen molar-refractivity contribution in [2.45, 2.75) is 18.9 Å². The van der Waals surface area contributed by atoms with Gasteiger partial charge in [-0.05, 0) is 18.8 Å². The molecule has 0 aromatic carbocycles. The van der Waals surface area contributed by atoms with Crippen LogP contribution in [-0.4, -0.2) is 30.3 Å². The molecule has 1 saturated heterocycles. The number of carbonyl (C=O) groups excluding carboxylic acids is 1. The minimum absolute atomic E-state index is 0.0950. The zero-order valence-electron chi connectivity index (χ0n) is 6.32. The molecule has 1 heterocycles. The standard InChI is InChI=1S/C7H13NO3/c8-7(10)6-5(1-3-9)2-4-11-6/h5-6,9H,1-4H2,(H2,8,10). The highest BCUT2D eigenvalue weighted by molar-refractivity contribution is 5.79. The Hall–Kier alpha value is -0.610. The van der Waals surface area contributed by atoms with Crippen LogP contribution in [0.25, 0.3) is 0 Å². The number of hydrogen-bond acceptors (Lipinski definition) is 3. The molecule has 1 aliphatic heterocycles. The lowest BCUT2D eigenvalue weighted by atomic mass is 9.98. The number of ether oxygens (including phenoxy) is 1. The molecular weight excluding hydrogens is 146 g/mol. The molecule has 0 radical (unpaired) electrons. The molecule has 1 fully saturated rings. The third-order valence-corrected chi connectivity index (χ3v) is 1.99. The summed E-state index contributed by atoms with van der Waals surface area (Å²) in [4.78, 5) is 10.7. The van der Waals surface area contributed by atoms with Crippen LogP contribution in [-0.2, 0) is 9.53 Å². The van der Waals surface area contributed by atoms with Crippen LogP contribution < -0.4 is 5.73 Å². The van der Waals surface area contributed by atoms with Crippen LogP contribution in [0.4, 0.5) is 0 Å². The van der Waals surface area contributed by atoms with E-state index in [1.165, 1.54) is 0 Å². The van der Waals surface area contributed by atoms with Gasteiger partial charge in [0.25, 0.3) is 0 Å². The van der Waals surface area contributed by atoms with Crippen LogP contribution in [0.5, 0.6) is 0 Å². The van der Waals surface area contributed by atoms with Crippen molar-refractivity contribution in [2.24, 2.45) is 11.7 Å². The number of rotatable bonds is 3. The van der Waals surface area contributed by atoms with E-state index in [9.17, 15) is 4.79 Å². The van der Waals surface area contributed by atoms with E-state index >= 15 is 0 Å². The molecule has 2 unspecified atom stereocenters. The molecular formula is C7H13NO3. The molecule has 0 spiro atoms. The molecule has 3 N–H and O–H groups in total. The largest absolute Gasteiger partial charge is 0.396 e. The van der Waals surface area contributed by atoms with Crippen LogP contribution >= 0.6 is 0 Å². The summed E-state index contributed by atoms with van der Waals surface area (Å²) in [6.45, 7) is 0.677. The topological polar surface area (TPSA) is 72.6 Å². The van der Waals surface area contributed by atoms with Crippen molar-refractivity contribution in [3.63, 3.8) is 0 Å².